The number of carbonyl (C=O) groups excluding carboxylic acids is 4. The van der Waals surface area contributed by atoms with Gasteiger partial charge in [0.1, 0.15) is 13.1 Å². The molecule has 1 aromatic heterocycles. The Morgan fingerprint density at radius 2 is 1.82 bits per heavy atom. The van der Waals surface area contributed by atoms with Crippen LogP contribution in [-0.2, 0) is 30.5 Å². The zero-order valence-electron chi connectivity index (χ0n) is 16.0. The van der Waals surface area contributed by atoms with E-state index in [1.165, 1.54) is 11.3 Å². The number of fused-ring (bicyclic) bond motifs is 1. The van der Waals surface area contributed by atoms with E-state index in [1.807, 2.05) is 26.0 Å². The summed E-state index contributed by atoms with van der Waals surface area (Å²) in [5, 5.41) is 0. The first-order chi connectivity index (χ1) is 13.3. The fourth-order valence-corrected chi connectivity index (χ4v) is 4.46. The Hall–Kier alpha value is -2.81. The Morgan fingerprint density at radius 3 is 2.46 bits per heavy atom. The molecule has 0 bridgehead atoms. The van der Waals surface area contributed by atoms with Gasteiger partial charge in [-0.15, -0.1) is 0 Å². The topological polar surface area (TPSA) is 98.0 Å². The van der Waals surface area contributed by atoms with Gasteiger partial charge in [0.25, 0.3) is 5.91 Å². The summed E-state index contributed by atoms with van der Waals surface area (Å²) in [4.78, 5) is 53.3. The summed E-state index contributed by atoms with van der Waals surface area (Å²) in [7, 11) is 0. The Labute approximate surface area is 165 Å². The van der Waals surface area contributed by atoms with Crippen LogP contribution in [0.4, 0.5) is 0 Å². The average Bonchev–Trinajstić information content (AvgIpc) is 3.09. The summed E-state index contributed by atoms with van der Waals surface area (Å²) in [6, 6.07) is 3.95. The van der Waals surface area contributed by atoms with Crippen LogP contribution in [0.3, 0.4) is 0 Å². The number of hydrogen-bond acceptors (Lipinski definition) is 6. The minimum atomic E-state index is -0.609. The number of amides is 3. The molecule has 0 atom stereocenters. The van der Waals surface area contributed by atoms with E-state index in [0.29, 0.717) is 4.80 Å². The van der Waals surface area contributed by atoms with Crippen LogP contribution in [-0.4, -0.2) is 46.3 Å². The van der Waals surface area contributed by atoms with Gasteiger partial charge in [-0.2, -0.15) is 4.99 Å². The summed E-state index contributed by atoms with van der Waals surface area (Å²) in [6.45, 7) is 5.41. The number of rotatable bonds is 5. The average molecular weight is 403 g/mol. The largest absolute Gasteiger partial charge is 0.465 e. The molecule has 1 saturated heterocycles. The Balaban J connectivity index is 2.03. The van der Waals surface area contributed by atoms with Gasteiger partial charge < -0.3 is 9.30 Å². The quantitative estimate of drug-likeness (QED) is 0.556. The van der Waals surface area contributed by atoms with Crippen molar-refractivity contribution in [2.24, 2.45) is 4.99 Å². The van der Waals surface area contributed by atoms with E-state index in [4.69, 9.17) is 4.74 Å². The van der Waals surface area contributed by atoms with Crippen molar-refractivity contribution in [1.82, 2.24) is 9.47 Å². The van der Waals surface area contributed by atoms with Crippen LogP contribution in [0.25, 0.3) is 10.2 Å². The molecule has 1 aliphatic heterocycles. The summed E-state index contributed by atoms with van der Waals surface area (Å²) >= 11 is 1.28. The molecular formula is C19H21N3O5S. The van der Waals surface area contributed by atoms with Gasteiger partial charge in [0.15, 0.2) is 4.80 Å². The lowest BCUT2D eigenvalue weighted by atomic mass is 10.1. The van der Waals surface area contributed by atoms with E-state index < -0.39 is 11.9 Å². The van der Waals surface area contributed by atoms with Crippen molar-refractivity contribution in [3.05, 3.63) is 28.1 Å². The van der Waals surface area contributed by atoms with Crippen LogP contribution in [0.1, 0.15) is 30.9 Å². The number of ether oxygens (including phenoxy) is 1. The number of nitrogens with zero attached hydrogens (tertiary/aromatic N) is 3. The van der Waals surface area contributed by atoms with Crippen LogP contribution in [0.5, 0.6) is 0 Å². The third-order valence-electron chi connectivity index (χ3n) is 4.37. The van der Waals surface area contributed by atoms with Crippen molar-refractivity contribution in [3.8, 4) is 0 Å². The molecule has 0 aliphatic carbocycles. The highest BCUT2D eigenvalue weighted by molar-refractivity contribution is 7.16. The van der Waals surface area contributed by atoms with Crippen LogP contribution in [0, 0.1) is 13.8 Å². The van der Waals surface area contributed by atoms with Crippen LogP contribution >= 0.6 is 11.3 Å². The molecule has 9 heteroatoms. The number of thiazole rings is 1. The number of aryl methyl sites for hydroxylation is 2. The monoisotopic (exact) mass is 403 g/mol. The van der Waals surface area contributed by atoms with E-state index in [-0.39, 0.29) is 44.4 Å². The normalized spacial score (nSPS) is 15.0. The number of benzene rings is 1. The summed E-state index contributed by atoms with van der Waals surface area (Å²) in [6.07, 6.45) is 0.243. The molecule has 2 aromatic rings. The van der Waals surface area contributed by atoms with Crippen molar-refractivity contribution < 1.29 is 23.9 Å². The van der Waals surface area contributed by atoms with Gasteiger partial charge in [0.05, 0.1) is 16.8 Å². The van der Waals surface area contributed by atoms with Crippen molar-refractivity contribution in [1.29, 1.82) is 0 Å². The molecule has 148 valence electrons. The molecule has 0 radical (unpaired) electrons. The molecular weight excluding hydrogens is 382 g/mol. The SMILES string of the molecule is CCOC(=O)Cn1c(=NC(=O)CN2C(=O)CCC2=O)sc2cc(C)cc(C)c21. The van der Waals surface area contributed by atoms with Crippen LogP contribution in [0.2, 0.25) is 0 Å². The second-order valence-corrected chi connectivity index (χ2v) is 7.59. The van der Waals surface area contributed by atoms with E-state index in [2.05, 4.69) is 4.99 Å². The molecule has 0 N–H and O–H groups in total. The predicted octanol–water partition coefficient (Wildman–Crippen LogP) is 1.46. The van der Waals surface area contributed by atoms with Crippen molar-refractivity contribution in [2.75, 3.05) is 13.2 Å². The fraction of sp³-hybridized carbons (Fsp3) is 0.421. The summed E-state index contributed by atoms with van der Waals surface area (Å²) in [5.41, 5.74) is 2.82. The first-order valence-electron chi connectivity index (χ1n) is 8.97. The second-order valence-electron chi connectivity index (χ2n) is 6.58. The maximum absolute atomic E-state index is 12.4. The first kappa shape index (κ1) is 19.9. The Kier molecular flexibility index (Phi) is 5.73. The van der Waals surface area contributed by atoms with Gasteiger partial charge in [-0.25, -0.2) is 0 Å². The third kappa shape index (κ3) is 4.04. The van der Waals surface area contributed by atoms with Crippen LogP contribution in [0.15, 0.2) is 17.1 Å². The van der Waals surface area contributed by atoms with Gasteiger partial charge in [0.2, 0.25) is 11.8 Å². The highest BCUT2D eigenvalue weighted by Gasteiger charge is 2.30. The molecule has 2 heterocycles. The van der Waals surface area contributed by atoms with Gasteiger partial charge in [-0.05, 0) is 38.0 Å². The lowest BCUT2D eigenvalue weighted by molar-refractivity contribution is -0.144. The zero-order chi connectivity index (χ0) is 20.4. The minimum absolute atomic E-state index is 0.0779. The van der Waals surface area contributed by atoms with Crippen molar-refractivity contribution in [3.63, 3.8) is 0 Å². The number of carbonyl (C=O) groups is 4. The van der Waals surface area contributed by atoms with E-state index in [9.17, 15) is 19.2 Å². The summed E-state index contributed by atoms with van der Waals surface area (Å²) < 4.78 is 7.59. The Morgan fingerprint density at radius 1 is 1.14 bits per heavy atom. The van der Waals surface area contributed by atoms with Gasteiger partial charge >= 0.3 is 5.97 Å². The van der Waals surface area contributed by atoms with Gasteiger partial charge in [-0.3, -0.25) is 24.1 Å². The highest BCUT2D eigenvalue weighted by Crippen LogP contribution is 2.23. The number of esters is 1. The molecule has 1 aliphatic rings. The van der Waals surface area contributed by atoms with Crippen molar-refractivity contribution in [2.45, 2.75) is 40.2 Å². The molecule has 3 amide bonds. The minimum Gasteiger partial charge on any atom is -0.465 e. The third-order valence-corrected chi connectivity index (χ3v) is 5.40. The number of aromatic nitrogens is 1. The second kappa shape index (κ2) is 8.05. The zero-order valence-corrected chi connectivity index (χ0v) is 16.8. The van der Waals surface area contributed by atoms with E-state index in [1.54, 1.807) is 11.5 Å². The Bertz CT molecular complexity index is 1030. The predicted molar refractivity (Wildman–Crippen MR) is 102 cm³/mol. The maximum Gasteiger partial charge on any atom is 0.326 e. The first-order valence-corrected chi connectivity index (χ1v) is 9.78. The highest BCUT2D eigenvalue weighted by atomic mass is 32.1. The molecule has 0 unspecified atom stereocenters. The van der Waals surface area contributed by atoms with Crippen LogP contribution < -0.4 is 4.80 Å². The molecule has 0 spiro atoms. The molecule has 28 heavy (non-hydrogen) atoms. The number of likely N-dealkylation sites (tertiary alicyclic amines) is 1. The number of imide groups is 1. The van der Waals surface area contributed by atoms with Gasteiger partial charge in [0, 0.05) is 12.8 Å². The maximum atomic E-state index is 12.4. The van der Waals surface area contributed by atoms with E-state index >= 15 is 0 Å². The fourth-order valence-electron chi connectivity index (χ4n) is 3.24. The van der Waals surface area contributed by atoms with E-state index in [0.717, 1.165) is 26.2 Å². The van der Waals surface area contributed by atoms with Gasteiger partial charge in [-0.1, -0.05) is 17.4 Å². The number of hydrogen-bond donors (Lipinski definition) is 0. The molecule has 3 rings (SSSR count). The molecule has 1 aromatic carbocycles. The molecule has 1 fully saturated rings. The smallest absolute Gasteiger partial charge is 0.326 e. The lowest BCUT2D eigenvalue weighted by Crippen LogP contribution is -2.34. The summed E-state index contributed by atoms with van der Waals surface area (Å²) in [5.74, 6) is -1.77. The molecule has 8 nitrogen and oxygen atoms in total. The standard InChI is InChI=1S/C19H21N3O5S/c1-4-27-17(26)10-22-18-12(3)7-11(2)8-13(18)28-19(22)20-14(23)9-21-15(24)5-6-16(21)25/h7-8H,4-6,9-10H2,1-3H3. The lowest BCUT2D eigenvalue weighted by Gasteiger charge is -2.10. The molecule has 0 saturated carbocycles. The van der Waals surface area contributed by atoms with Crippen molar-refractivity contribution >= 4 is 45.2 Å².